The number of fused-ring (bicyclic) bond motifs is 1. The molecule has 5 nitrogen and oxygen atoms in total. The number of pyridine rings is 2. The van der Waals surface area contributed by atoms with Gasteiger partial charge in [-0.1, -0.05) is 6.92 Å². The highest BCUT2D eigenvalue weighted by atomic mass is 19.1. The molecule has 29 heavy (non-hydrogen) atoms. The molecule has 1 fully saturated rings. The summed E-state index contributed by atoms with van der Waals surface area (Å²) in [5, 5.41) is 3.51. The maximum absolute atomic E-state index is 14.3. The second-order valence-corrected chi connectivity index (χ2v) is 7.59. The van der Waals surface area contributed by atoms with Gasteiger partial charge in [-0.2, -0.15) is 0 Å². The van der Waals surface area contributed by atoms with Crippen LogP contribution in [0.3, 0.4) is 0 Å². The van der Waals surface area contributed by atoms with Gasteiger partial charge in [-0.25, -0.2) is 18.7 Å². The summed E-state index contributed by atoms with van der Waals surface area (Å²) in [4.78, 5) is 23.8. The molecule has 3 heterocycles. The molecule has 0 unspecified atom stereocenters. The molecule has 0 saturated carbocycles. The van der Waals surface area contributed by atoms with Crippen LogP contribution in [0, 0.1) is 24.5 Å². The number of hydrogen-bond acceptors (Lipinski definition) is 4. The van der Waals surface area contributed by atoms with Crippen LogP contribution in [0.4, 0.5) is 20.2 Å². The molecule has 0 spiro atoms. The largest absolute Gasteiger partial charge is 0.352 e. The Morgan fingerprint density at radius 2 is 1.93 bits per heavy atom. The molecule has 1 amide bonds. The van der Waals surface area contributed by atoms with E-state index in [0.717, 1.165) is 36.7 Å². The van der Waals surface area contributed by atoms with Crippen LogP contribution in [0.5, 0.6) is 0 Å². The lowest BCUT2D eigenvalue weighted by molar-refractivity contribution is 0.0698. The highest BCUT2D eigenvalue weighted by molar-refractivity contribution is 6.07. The second kappa shape index (κ2) is 7.73. The van der Waals surface area contributed by atoms with Crippen LogP contribution < -0.4 is 5.32 Å². The van der Waals surface area contributed by atoms with Crippen LogP contribution in [-0.2, 0) is 0 Å². The van der Waals surface area contributed by atoms with Crippen molar-refractivity contribution in [1.82, 2.24) is 14.9 Å². The Balaban J connectivity index is 1.81. The predicted octanol–water partition coefficient (Wildman–Crippen LogP) is 4.83. The summed E-state index contributed by atoms with van der Waals surface area (Å²) in [6, 6.07) is 6.77. The topological polar surface area (TPSA) is 58.1 Å². The molecule has 1 aliphatic heterocycles. The molecule has 3 aromatic rings. The van der Waals surface area contributed by atoms with Gasteiger partial charge in [0.15, 0.2) is 5.65 Å². The van der Waals surface area contributed by atoms with Gasteiger partial charge in [0, 0.05) is 36.4 Å². The summed E-state index contributed by atoms with van der Waals surface area (Å²) in [5.74, 6) is -0.771. The normalized spacial score (nSPS) is 15.0. The fraction of sp³-hybridized carbons (Fsp3) is 0.318. The van der Waals surface area contributed by atoms with E-state index in [4.69, 9.17) is 0 Å². The van der Waals surface area contributed by atoms with E-state index >= 15 is 0 Å². The highest BCUT2D eigenvalue weighted by Gasteiger charge is 2.25. The molecule has 1 N–H and O–H groups in total. The number of piperidine rings is 1. The number of halogens is 2. The van der Waals surface area contributed by atoms with E-state index in [9.17, 15) is 13.6 Å². The minimum absolute atomic E-state index is 0.0422. The van der Waals surface area contributed by atoms with Crippen LogP contribution in [0.15, 0.2) is 36.5 Å². The van der Waals surface area contributed by atoms with Gasteiger partial charge in [-0.05, 0) is 49.9 Å². The minimum Gasteiger partial charge on any atom is -0.352 e. The van der Waals surface area contributed by atoms with Crippen molar-refractivity contribution in [3.8, 4) is 0 Å². The zero-order valence-electron chi connectivity index (χ0n) is 16.4. The first-order chi connectivity index (χ1) is 13.9. The van der Waals surface area contributed by atoms with Crippen molar-refractivity contribution in [3.63, 3.8) is 0 Å². The van der Waals surface area contributed by atoms with Crippen molar-refractivity contribution in [2.45, 2.75) is 26.7 Å². The van der Waals surface area contributed by atoms with Crippen LogP contribution >= 0.6 is 0 Å². The van der Waals surface area contributed by atoms with E-state index in [1.807, 2.05) is 6.92 Å². The van der Waals surface area contributed by atoms with Crippen LogP contribution in [0.1, 0.15) is 35.8 Å². The number of carbonyl (C=O) groups excluding carboxylic acids is 1. The molecule has 0 aliphatic carbocycles. The van der Waals surface area contributed by atoms with E-state index in [-0.39, 0.29) is 11.6 Å². The summed E-state index contributed by atoms with van der Waals surface area (Å²) >= 11 is 0. The first kappa shape index (κ1) is 19.2. The maximum atomic E-state index is 14.3. The number of aromatic nitrogens is 2. The minimum atomic E-state index is -0.610. The number of anilines is 2. The van der Waals surface area contributed by atoms with Crippen molar-refractivity contribution in [2.75, 3.05) is 18.4 Å². The van der Waals surface area contributed by atoms with E-state index in [2.05, 4.69) is 22.2 Å². The van der Waals surface area contributed by atoms with Gasteiger partial charge >= 0.3 is 0 Å². The summed E-state index contributed by atoms with van der Waals surface area (Å²) in [5.41, 5.74) is 1.88. The number of likely N-dealkylation sites (tertiary alicyclic amines) is 1. The van der Waals surface area contributed by atoms with Gasteiger partial charge in [0.25, 0.3) is 5.91 Å². The van der Waals surface area contributed by atoms with Gasteiger partial charge in [0.05, 0.1) is 16.9 Å². The monoisotopic (exact) mass is 396 g/mol. The second-order valence-electron chi connectivity index (χ2n) is 7.59. The summed E-state index contributed by atoms with van der Waals surface area (Å²) in [7, 11) is 0. The van der Waals surface area contributed by atoms with Crippen LogP contribution in [-0.4, -0.2) is 33.9 Å². The average molecular weight is 396 g/mol. The van der Waals surface area contributed by atoms with Crippen molar-refractivity contribution in [3.05, 3.63) is 59.4 Å². The summed E-state index contributed by atoms with van der Waals surface area (Å²) in [6.07, 6.45) is 3.35. The molecule has 1 aliphatic rings. The smallest absolute Gasteiger partial charge is 0.257 e. The average Bonchev–Trinajstić information content (AvgIpc) is 2.70. The Kier molecular flexibility index (Phi) is 5.13. The third kappa shape index (κ3) is 3.90. The van der Waals surface area contributed by atoms with Crippen molar-refractivity contribution < 1.29 is 13.6 Å². The standard InChI is InChI=1S/C22H22F2N4O/c1-13-7-9-28(10-8-13)22(29)17-12-25-21-16(5-3-14(2)26-21)20(17)27-19-11-15(23)4-6-18(19)24/h3-6,11-13H,7-10H2,1-2H3,(H,25,26,27). The van der Waals surface area contributed by atoms with Crippen molar-refractivity contribution in [2.24, 2.45) is 5.92 Å². The van der Waals surface area contributed by atoms with Crippen molar-refractivity contribution >= 4 is 28.3 Å². The molecular weight excluding hydrogens is 374 g/mol. The Morgan fingerprint density at radius 3 is 2.69 bits per heavy atom. The number of carbonyl (C=O) groups is 1. The first-order valence-electron chi connectivity index (χ1n) is 9.70. The van der Waals surface area contributed by atoms with Gasteiger partial charge in [0.1, 0.15) is 11.6 Å². The molecule has 0 radical (unpaired) electrons. The van der Waals surface area contributed by atoms with Gasteiger partial charge in [-0.3, -0.25) is 4.79 Å². The molecule has 0 bridgehead atoms. The van der Waals surface area contributed by atoms with Gasteiger partial charge in [-0.15, -0.1) is 0 Å². The molecule has 1 aromatic carbocycles. The number of nitrogens with one attached hydrogen (secondary N) is 1. The predicted molar refractivity (Wildman–Crippen MR) is 108 cm³/mol. The number of rotatable bonds is 3. The van der Waals surface area contributed by atoms with Crippen LogP contribution in [0.25, 0.3) is 11.0 Å². The van der Waals surface area contributed by atoms with E-state index in [0.29, 0.717) is 41.3 Å². The molecular formula is C22H22F2N4O. The number of amides is 1. The lowest BCUT2D eigenvalue weighted by Gasteiger charge is -2.31. The van der Waals surface area contributed by atoms with Gasteiger partial charge in [0.2, 0.25) is 0 Å². The third-order valence-electron chi connectivity index (χ3n) is 5.36. The molecule has 150 valence electrons. The summed E-state index contributed by atoms with van der Waals surface area (Å²) in [6.45, 7) is 5.34. The number of nitrogens with zero attached hydrogens (tertiary/aromatic N) is 3. The molecule has 4 rings (SSSR count). The van der Waals surface area contributed by atoms with Crippen molar-refractivity contribution in [1.29, 1.82) is 0 Å². The quantitative estimate of drug-likeness (QED) is 0.689. The Bertz CT molecular complexity index is 1080. The Morgan fingerprint density at radius 1 is 1.17 bits per heavy atom. The SMILES string of the molecule is Cc1ccc2c(Nc3cc(F)ccc3F)c(C(=O)N3CCC(C)CC3)cnc2n1. The van der Waals surface area contributed by atoms with Crippen LogP contribution in [0.2, 0.25) is 0 Å². The molecule has 7 heteroatoms. The zero-order chi connectivity index (χ0) is 20.5. The molecule has 2 aromatic heterocycles. The van der Waals surface area contributed by atoms with Gasteiger partial charge < -0.3 is 10.2 Å². The fourth-order valence-corrected chi connectivity index (χ4v) is 3.58. The fourth-order valence-electron chi connectivity index (χ4n) is 3.58. The number of hydrogen-bond donors (Lipinski definition) is 1. The lowest BCUT2D eigenvalue weighted by Crippen LogP contribution is -2.38. The molecule has 0 atom stereocenters. The lowest BCUT2D eigenvalue weighted by atomic mass is 9.98. The maximum Gasteiger partial charge on any atom is 0.257 e. The zero-order valence-corrected chi connectivity index (χ0v) is 16.4. The van der Waals surface area contributed by atoms with E-state index in [1.165, 1.54) is 6.20 Å². The number of aryl methyl sites for hydroxylation is 1. The third-order valence-corrected chi connectivity index (χ3v) is 5.36. The molecule has 1 saturated heterocycles. The Labute approximate surface area is 167 Å². The van der Waals surface area contributed by atoms with E-state index in [1.54, 1.807) is 17.0 Å². The highest BCUT2D eigenvalue weighted by Crippen LogP contribution is 2.31. The first-order valence-corrected chi connectivity index (χ1v) is 9.70. The Hall–Kier alpha value is -3.09. The number of benzene rings is 1. The summed E-state index contributed by atoms with van der Waals surface area (Å²) < 4.78 is 28.0. The van der Waals surface area contributed by atoms with E-state index < -0.39 is 11.6 Å².